The quantitative estimate of drug-likeness (QED) is 0.0370. The third kappa shape index (κ3) is 42.9. The van der Waals surface area contributed by atoms with Crippen LogP contribution in [-0.4, -0.2) is 62.2 Å². The van der Waals surface area contributed by atoms with E-state index in [1.807, 2.05) is 24.2 Å². The number of carbonyl (C=O) groups is 2. The molecule has 53 heavy (non-hydrogen) atoms. The Morgan fingerprint density at radius 1 is 0.415 bits per heavy atom. The first-order valence-corrected chi connectivity index (χ1v) is 22.9. The van der Waals surface area contributed by atoms with Crippen LogP contribution in [0.25, 0.3) is 0 Å². The molecule has 0 aliphatic heterocycles. The SMILES string of the molecule is CCCCCCCC/C=C\CCCCCCCC(=O)NCCCCN(C)ON(C)CCCCNC(=O)CCCCCCC/C=C\CCCCCCCC. The maximum absolute atomic E-state index is 12.2. The Balaban J connectivity index is 3.47. The molecule has 0 fully saturated rings. The highest BCUT2D eigenvalue weighted by atomic mass is 16.8. The molecule has 0 radical (unpaired) electrons. The zero-order valence-corrected chi connectivity index (χ0v) is 35.9. The van der Waals surface area contributed by atoms with Gasteiger partial charge in [-0.25, -0.2) is 4.94 Å². The van der Waals surface area contributed by atoms with E-state index in [2.05, 4.69) is 48.8 Å². The molecule has 0 aliphatic carbocycles. The molecule has 0 spiro atoms. The second-order valence-corrected chi connectivity index (χ2v) is 15.6. The Morgan fingerprint density at radius 2 is 0.717 bits per heavy atom. The molecule has 2 amide bonds. The van der Waals surface area contributed by atoms with Gasteiger partial charge in [-0.2, -0.15) is 10.1 Å². The van der Waals surface area contributed by atoms with Crippen LogP contribution in [0.3, 0.4) is 0 Å². The van der Waals surface area contributed by atoms with E-state index in [1.54, 1.807) is 0 Å². The van der Waals surface area contributed by atoms with Crippen molar-refractivity contribution < 1.29 is 14.5 Å². The number of nitrogens with one attached hydrogen (secondary N) is 2. The molecule has 0 unspecified atom stereocenters. The van der Waals surface area contributed by atoms with Crippen molar-refractivity contribution in [3.05, 3.63) is 24.3 Å². The van der Waals surface area contributed by atoms with Crippen LogP contribution in [0.5, 0.6) is 0 Å². The summed E-state index contributed by atoms with van der Waals surface area (Å²) in [5.41, 5.74) is 0. The standard InChI is InChI=1S/C46H90N4O3/c1-5-7-9-11-13-15-17-19-21-23-25-27-29-31-33-39-45(51)47-41-35-37-43-49(3)53-50(4)44-38-36-42-48-46(52)40-34-32-30-28-26-24-22-20-18-16-14-12-10-8-6-2/h19-22H,5-18,23-44H2,1-4H3,(H,47,51)(H,48,52)/b21-19-,22-20-. The lowest BCUT2D eigenvalue weighted by atomic mass is 10.1. The molecule has 312 valence electrons. The van der Waals surface area contributed by atoms with E-state index in [1.165, 1.54) is 141 Å². The van der Waals surface area contributed by atoms with Crippen LogP contribution in [0.1, 0.15) is 219 Å². The normalized spacial score (nSPS) is 11.9. The highest BCUT2D eigenvalue weighted by molar-refractivity contribution is 5.76. The van der Waals surface area contributed by atoms with Crippen LogP contribution in [-0.2, 0) is 14.5 Å². The second-order valence-electron chi connectivity index (χ2n) is 15.6. The first-order valence-electron chi connectivity index (χ1n) is 22.9. The van der Waals surface area contributed by atoms with E-state index < -0.39 is 0 Å². The summed E-state index contributed by atoms with van der Waals surface area (Å²) >= 11 is 0. The van der Waals surface area contributed by atoms with Gasteiger partial charge in [-0.3, -0.25) is 9.59 Å². The van der Waals surface area contributed by atoms with Gasteiger partial charge in [0, 0.05) is 53.1 Å². The van der Waals surface area contributed by atoms with Crippen molar-refractivity contribution >= 4 is 11.8 Å². The van der Waals surface area contributed by atoms with Gasteiger partial charge in [-0.15, -0.1) is 0 Å². The predicted molar refractivity (Wildman–Crippen MR) is 230 cm³/mol. The van der Waals surface area contributed by atoms with Gasteiger partial charge in [0.2, 0.25) is 11.8 Å². The van der Waals surface area contributed by atoms with Crippen molar-refractivity contribution in [3.8, 4) is 0 Å². The summed E-state index contributed by atoms with van der Waals surface area (Å²) in [6.45, 7) is 7.65. The summed E-state index contributed by atoms with van der Waals surface area (Å²) in [7, 11) is 3.91. The Labute approximate surface area is 330 Å². The second kappa shape index (κ2) is 43.0. The molecule has 0 saturated carbocycles. The van der Waals surface area contributed by atoms with E-state index in [-0.39, 0.29) is 11.8 Å². The number of hydrogen-bond donors (Lipinski definition) is 2. The van der Waals surface area contributed by atoms with E-state index >= 15 is 0 Å². The number of unbranched alkanes of at least 4 members (excludes halogenated alkanes) is 24. The number of carbonyl (C=O) groups excluding carboxylic acids is 2. The fourth-order valence-electron chi connectivity index (χ4n) is 6.58. The van der Waals surface area contributed by atoms with Gasteiger partial charge in [0.15, 0.2) is 0 Å². The van der Waals surface area contributed by atoms with Crippen LogP contribution in [0.15, 0.2) is 24.3 Å². The lowest BCUT2D eigenvalue weighted by Gasteiger charge is -2.23. The largest absolute Gasteiger partial charge is 0.356 e. The molecular formula is C46H90N4O3. The number of hydroxylamine groups is 4. The molecule has 0 bridgehead atoms. The highest BCUT2D eigenvalue weighted by Crippen LogP contribution is 2.12. The summed E-state index contributed by atoms with van der Waals surface area (Å²) in [6, 6.07) is 0. The topological polar surface area (TPSA) is 73.9 Å². The van der Waals surface area contributed by atoms with Crippen molar-refractivity contribution in [3.63, 3.8) is 0 Å². The lowest BCUT2D eigenvalue weighted by molar-refractivity contribution is -0.304. The van der Waals surface area contributed by atoms with Crippen LogP contribution >= 0.6 is 0 Å². The molecule has 7 heteroatoms. The molecule has 7 nitrogen and oxygen atoms in total. The minimum atomic E-state index is 0.186. The first-order chi connectivity index (χ1) is 26.0. The van der Waals surface area contributed by atoms with Gasteiger partial charge in [0.05, 0.1) is 0 Å². The van der Waals surface area contributed by atoms with Crippen LogP contribution in [0.2, 0.25) is 0 Å². The molecule has 0 aromatic heterocycles. The molecule has 0 rings (SSSR count). The molecule has 0 atom stereocenters. The monoisotopic (exact) mass is 747 g/mol. The molecule has 0 aliphatic rings. The Kier molecular flexibility index (Phi) is 41.7. The van der Waals surface area contributed by atoms with E-state index in [9.17, 15) is 9.59 Å². The van der Waals surface area contributed by atoms with Gasteiger partial charge in [0.1, 0.15) is 0 Å². The highest BCUT2D eigenvalue weighted by Gasteiger charge is 2.06. The maximum Gasteiger partial charge on any atom is 0.219 e. The lowest BCUT2D eigenvalue weighted by Crippen LogP contribution is -2.32. The number of nitrogens with zero attached hydrogens (tertiary/aromatic N) is 2. The predicted octanol–water partition coefficient (Wildman–Crippen LogP) is 12.6. The van der Waals surface area contributed by atoms with Gasteiger partial charge in [-0.05, 0) is 89.9 Å². The third-order valence-corrected chi connectivity index (χ3v) is 10.1. The number of amides is 2. The van der Waals surface area contributed by atoms with Crippen molar-refractivity contribution in [2.24, 2.45) is 0 Å². The molecular weight excluding hydrogens is 657 g/mol. The van der Waals surface area contributed by atoms with Crippen LogP contribution < -0.4 is 10.6 Å². The van der Waals surface area contributed by atoms with Gasteiger partial charge in [-0.1, -0.05) is 141 Å². The zero-order chi connectivity index (χ0) is 38.7. The van der Waals surface area contributed by atoms with Gasteiger partial charge < -0.3 is 10.6 Å². The first kappa shape index (κ1) is 51.3. The minimum absolute atomic E-state index is 0.186. The van der Waals surface area contributed by atoms with Crippen LogP contribution in [0, 0.1) is 0 Å². The Hall–Kier alpha value is -1.70. The van der Waals surface area contributed by atoms with Crippen molar-refractivity contribution in [2.75, 3.05) is 40.3 Å². The van der Waals surface area contributed by atoms with Crippen molar-refractivity contribution in [2.45, 2.75) is 219 Å². The average molecular weight is 747 g/mol. The smallest absolute Gasteiger partial charge is 0.219 e. The van der Waals surface area contributed by atoms with Crippen molar-refractivity contribution in [1.29, 1.82) is 0 Å². The molecule has 2 N–H and O–H groups in total. The molecule has 0 heterocycles. The average Bonchev–Trinajstić information content (AvgIpc) is 3.14. The van der Waals surface area contributed by atoms with Crippen molar-refractivity contribution in [1.82, 2.24) is 20.8 Å². The fraction of sp³-hybridized carbons (Fsp3) is 0.870. The van der Waals surface area contributed by atoms with E-state index in [0.717, 1.165) is 77.5 Å². The molecule has 0 saturated heterocycles. The Bertz CT molecular complexity index is 768. The molecule has 0 aromatic rings. The van der Waals surface area contributed by atoms with Crippen LogP contribution in [0.4, 0.5) is 0 Å². The zero-order valence-electron chi connectivity index (χ0n) is 35.9. The third-order valence-electron chi connectivity index (χ3n) is 10.1. The van der Waals surface area contributed by atoms with E-state index in [4.69, 9.17) is 4.94 Å². The summed E-state index contributed by atoms with van der Waals surface area (Å²) in [5.74, 6) is 0.373. The number of allylic oxidation sites excluding steroid dienone is 4. The summed E-state index contributed by atoms with van der Waals surface area (Å²) in [4.78, 5) is 30.2. The summed E-state index contributed by atoms with van der Waals surface area (Å²) in [6.07, 6.45) is 47.8. The maximum atomic E-state index is 12.2. The Morgan fingerprint density at radius 3 is 1.06 bits per heavy atom. The summed E-state index contributed by atoms with van der Waals surface area (Å²) in [5, 5.41) is 9.89. The van der Waals surface area contributed by atoms with E-state index in [0.29, 0.717) is 12.8 Å². The minimum Gasteiger partial charge on any atom is -0.356 e. The molecule has 0 aromatic carbocycles. The van der Waals surface area contributed by atoms with Gasteiger partial charge >= 0.3 is 0 Å². The fourth-order valence-corrected chi connectivity index (χ4v) is 6.58. The number of hydrogen-bond acceptors (Lipinski definition) is 5. The van der Waals surface area contributed by atoms with Gasteiger partial charge in [0.25, 0.3) is 0 Å². The summed E-state index contributed by atoms with van der Waals surface area (Å²) < 4.78 is 0. The number of rotatable bonds is 42.